The molecule has 4 rings (SSSR count). The van der Waals surface area contributed by atoms with Crippen molar-refractivity contribution in [1.29, 1.82) is 0 Å². The second-order valence-electron chi connectivity index (χ2n) is 6.40. The monoisotopic (exact) mass is 368 g/mol. The van der Waals surface area contributed by atoms with Gasteiger partial charge in [-0.25, -0.2) is 0 Å². The van der Waals surface area contributed by atoms with Crippen LogP contribution in [0.4, 0.5) is 11.4 Å². The minimum atomic E-state index is 0.667. The van der Waals surface area contributed by atoms with Gasteiger partial charge >= 0.3 is 0 Å². The maximum absolute atomic E-state index is 5.94. The molecule has 0 saturated carbocycles. The fraction of sp³-hybridized carbons (Fsp3) is 0. The largest absolute Gasteiger partial charge is 0.457 e. The molecule has 0 heterocycles. The number of nitrogen functional groups attached to an aromatic ring is 2. The first-order chi connectivity index (χ1) is 13.7. The van der Waals surface area contributed by atoms with Gasteiger partial charge in [0.2, 0.25) is 0 Å². The third-order valence-electron chi connectivity index (χ3n) is 4.19. The van der Waals surface area contributed by atoms with Crippen molar-refractivity contribution < 1.29 is 9.47 Å². The van der Waals surface area contributed by atoms with Gasteiger partial charge in [0, 0.05) is 23.5 Å². The molecule has 4 aromatic carbocycles. The highest BCUT2D eigenvalue weighted by Gasteiger charge is 2.05. The minimum Gasteiger partial charge on any atom is -0.457 e. The van der Waals surface area contributed by atoms with Gasteiger partial charge in [0.15, 0.2) is 0 Å². The van der Waals surface area contributed by atoms with Crippen LogP contribution in [0.3, 0.4) is 0 Å². The van der Waals surface area contributed by atoms with Crippen molar-refractivity contribution in [3.8, 4) is 34.1 Å². The number of hydrogen-bond acceptors (Lipinski definition) is 4. The molecule has 0 bridgehead atoms. The summed E-state index contributed by atoms with van der Waals surface area (Å²) in [6.07, 6.45) is 0. The quantitative estimate of drug-likeness (QED) is 0.417. The Morgan fingerprint density at radius 2 is 0.786 bits per heavy atom. The van der Waals surface area contributed by atoms with Gasteiger partial charge in [-0.15, -0.1) is 0 Å². The predicted octanol–water partition coefficient (Wildman–Crippen LogP) is 6.10. The zero-order valence-corrected chi connectivity index (χ0v) is 15.2. The molecule has 0 fully saturated rings. The number of ether oxygens (including phenoxy) is 2. The second-order valence-corrected chi connectivity index (χ2v) is 6.40. The fourth-order valence-corrected chi connectivity index (χ4v) is 2.91. The van der Waals surface area contributed by atoms with Crippen LogP contribution in [0, 0.1) is 0 Å². The SMILES string of the molecule is Nc1cccc(Oc2cccc(-c3cccc(Oc4cccc(N)c4)c3)c2)c1. The summed E-state index contributed by atoms with van der Waals surface area (Å²) in [6.45, 7) is 0. The van der Waals surface area contributed by atoms with Gasteiger partial charge in [0.05, 0.1) is 0 Å². The maximum Gasteiger partial charge on any atom is 0.129 e. The first-order valence-electron chi connectivity index (χ1n) is 8.93. The normalized spacial score (nSPS) is 10.4. The van der Waals surface area contributed by atoms with Gasteiger partial charge in [-0.1, -0.05) is 36.4 Å². The van der Waals surface area contributed by atoms with E-state index in [0.717, 1.165) is 22.6 Å². The Balaban J connectivity index is 1.57. The molecule has 0 aromatic heterocycles. The lowest BCUT2D eigenvalue weighted by molar-refractivity contribution is 0.482. The van der Waals surface area contributed by atoms with Crippen LogP contribution in [0.25, 0.3) is 11.1 Å². The third kappa shape index (κ3) is 4.24. The van der Waals surface area contributed by atoms with Crippen molar-refractivity contribution in [2.45, 2.75) is 0 Å². The van der Waals surface area contributed by atoms with Crippen molar-refractivity contribution in [1.82, 2.24) is 0 Å². The summed E-state index contributed by atoms with van der Waals surface area (Å²) in [4.78, 5) is 0. The van der Waals surface area contributed by atoms with E-state index in [-0.39, 0.29) is 0 Å². The highest BCUT2D eigenvalue weighted by molar-refractivity contribution is 5.67. The van der Waals surface area contributed by atoms with Crippen LogP contribution in [-0.4, -0.2) is 0 Å². The Bertz CT molecular complexity index is 1020. The van der Waals surface area contributed by atoms with Crippen molar-refractivity contribution in [3.63, 3.8) is 0 Å². The first-order valence-corrected chi connectivity index (χ1v) is 8.93. The summed E-state index contributed by atoms with van der Waals surface area (Å²) in [6, 6.07) is 30.5. The van der Waals surface area contributed by atoms with Crippen LogP contribution in [0.2, 0.25) is 0 Å². The number of hydrogen-bond donors (Lipinski definition) is 2. The summed E-state index contributed by atoms with van der Waals surface area (Å²) in [7, 11) is 0. The van der Waals surface area contributed by atoms with E-state index in [2.05, 4.69) is 0 Å². The molecule has 0 spiro atoms. The van der Waals surface area contributed by atoms with Crippen molar-refractivity contribution >= 4 is 11.4 Å². The average molecular weight is 368 g/mol. The summed E-state index contributed by atoms with van der Waals surface area (Å²) in [5.41, 5.74) is 15.0. The molecule has 4 heteroatoms. The zero-order valence-electron chi connectivity index (χ0n) is 15.2. The molecule has 0 atom stereocenters. The molecular weight excluding hydrogens is 348 g/mol. The lowest BCUT2D eigenvalue weighted by atomic mass is 10.1. The van der Waals surface area contributed by atoms with Gasteiger partial charge in [0.25, 0.3) is 0 Å². The molecule has 28 heavy (non-hydrogen) atoms. The van der Waals surface area contributed by atoms with Crippen LogP contribution in [-0.2, 0) is 0 Å². The maximum atomic E-state index is 5.94. The van der Waals surface area contributed by atoms with E-state index in [0.29, 0.717) is 22.9 Å². The highest BCUT2D eigenvalue weighted by atomic mass is 16.5. The van der Waals surface area contributed by atoms with Crippen LogP contribution >= 0.6 is 0 Å². The molecule has 138 valence electrons. The van der Waals surface area contributed by atoms with Gasteiger partial charge in [-0.05, 0) is 59.7 Å². The molecular formula is C24H20N2O2. The fourth-order valence-electron chi connectivity index (χ4n) is 2.91. The van der Waals surface area contributed by atoms with Gasteiger partial charge < -0.3 is 20.9 Å². The number of rotatable bonds is 5. The average Bonchev–Trinajstić information content (AvgIpc) is 2.68. The van der Waals surface area contributed by atoms with Crippen LogP contribution in [0.15, 0.2) is 97.1 Å². The second kappa shape index (κ2) is 7.76. The van der Waals surface area contributed by atoms with Crippen LogP contribution in [0.1, 0.15) is 0 Å². The molecule has 4 nitrogen and oxygen atoms in total. The van der Waals surface area contributed by atoms with Crippen molar-refractivity contribution in [2.75, 3.05) is 11.5 Å². The zero-order chi connectivity index (χ0) is 19.3. The lowest BCUT2D eigenvalue weighted by Gasteiger charge is -2.10. The van der Waals surface area contributed by atoms with E-state index in [1.807, 2.05) is 84.9 Å². The summed E-state index contributed by atoms with van der Waals surface area (Å²) >= 11 is 0. The number of benzene rings is 4. The summed E-state index contributed by atoms with van der Waals surface area (Å²) < 4.78 is 11.9. The molecule has 0 amide bonds. The number of nitrogens with two attached hydrogens (primary N) is 2. The molecule has 4 aromatic rings. The van der Waals surface area contributed by atoms with E-state index in [1.165, 1.54) is 0 Å². The third-order valence-corrected chi connectivity index (χ3v) is 4.19. The molecule has 0 aliphatic heterocycles. The lowest BCUT2D eigenvalue weighted by Crippen LogP contribution is -1.89. The summed E-state index contributed by atoms with van der Waals surface area (Å²) in [5.74, 6) is 2.89. The topological polar surface area (TPSA) is 70.5 Å². The Morgan fingerprint density at radius 1 is 0.429 bits per heavy atom. The Morgan fingerprint density at radius 3 is 1.18 bits per heavy atom. The van der Waals surface area contributed by atoms with Gasteiger partial charge in [-0.3, -0.25) is 0 Å². The first kappa shape index (κ1) is 17.5. The summed E-state index contributed by atoms with van der Waals surface area (Å²) in [5, 5.41) is 0. The van der Waals surface area contributed by atoms with Gasteiger partial charge in [-0.2, -0.15) is 0 Å². The van der Waals surface area contributed by atoms with E-state index in [9.17, 15) is 0 Å². The Labute approximate surface area is 164 Å². The Hall–Kier alpha value is -3.92. The number of anilines is 2. The van der Waals surface area contributed by atoms with Crippen LogP contribution in [0.5, 0.6) is 23.0 Å². The smallest absolute Gasteiger partial charge is 0.129 e. The molecule has 4 N–H and O–H groups in total. The van der Waals surface area contributed by atoms with Crippen molar-refractivity contribution in [3.05, 3.63) is 97.1 Å². The Kier molecular flexibility index (Phi) is 4.85. The predicted molar refractivity (Wildman–Crippen MR) is 114 cm³/mol. The molecule has 0 unspecified atom stereocenters. The molecule has 0 aliphatic carbocycles. The highest BCUT2D eigenvalue weighted by Crippen LogP contribution is 2.31. The van der Waals surface area contributed by atoms with E-state index in [4.69, 9.17) is 20.9 Å². The van der Waals surface area contributed by atoms with Crippen molar-refractivity contribution in [2.24, 2.45) is 0 Å². The van der Waals surface area contributed by atoms with E-state index in [1.54, 1.807) is 12.1 Å². The molecule has 0 saturated heterocycles. The minimum absolute atomic E-state index is 0.667. The molecule has 0 aliphatic rings. The standard InChI is InChI=1S/C24H20N2O2/c25-19-7-3-11-23(15-19)27-21-9-1-5-17(13-21)18-6-2-10-22(14-18)28-24-12-4-8-20(26)16-24/h1-16H,25-26H2. The molecule has 0 radical (unpaired) electrons. The van der Waals surface area contributed by atoms with Gasteiger partial charge in [0.1, 0.15) is 23.0 Å². The van der Waals surface area contributed by atoms with Crippen LogP contribution < -0.4 is 20.9 Å². The van der Waals surface area contributed by atoms with E-state index >= 15 is 0 Å². The van der Waals surface area contributed by atoms with E-state index < -0.39 is 0 Å².